The summed E-state index contributed by atoms with van der Waals surface area (Å²) in [7, 11) is 0. The van der Waals surface area contributed by atoms with Crippen molar-refractivity contribution in [3.63, 3.8) is 0 Å². The Morgan fingerprint density at radius 2 is 1.91 bits per heavy atom. The number of nitrogens with zero attached hydrogens (tertiary/aromatic N) is 1. The zero-order valence-corrected chi connectivity index (χ0v) is 18.2. The fourth-order valence-corrected chi connectivity index (χ4v) is 5.74. The van der Waals surface area contributed by atoms with Gasteiger partial charge in [-0.2, -0.15) is 0 Å². The zero-order chi connectivity index (χ0) is 24.5. The number of carbonyl (C=O) groups excluding carboxylic acids is 3. The molecule has 0 radical (unpaired) electrons. The number of fused-ring (bicyclic) bond motifs is 5. The number of rotatable bonds is 5. The van der Waals surface area contributed by atoms with Gasteiger partial charge in [0.05, 0.1) is 18.4 Å². The van der Waals surface area contributed by atoms with Crippen molar-refractivity contribution in [2.45, 2.75) is 31.0 Å². The Balaban J connectivity index is 1.40. The number of carboxylic acid groups (broad SMARTS) is 1. The van der Waals surface area contributed by atoms with Gasteiger partial charge in [-0.1, -0.05) is 6.07 Å². The van der Waals surface area contributed by atoms with Crippen LogP contribution in [0.15, 0.2) is 36.4 Å². The van der Waals surface area contributed by atoms with Crippen LogP contribution >= 0.6 is 0 Å². The molecule has 35 heavy (non-hydrogen) atoms. The number of ether oxygens (including phenoxy) is 2. The minimum atomic E-state index is -1.68. The number of carboxylic acids is 1. The largest absolute Gasteiger partial charge is 0.481 e. The molecule has 2 aromatic carbocycles. The standard InChI is InChI=1S/C24H20FN3O7/c25-12-2-3-14-13(8-12)24(23(33)26-14)20-19(15(27-24)4-6-18(29)30)21(31)28(22(20)32)9-11-1-5-16-17(7-11)35-10-34-16/h1-3,5,7-8,15,19-20,27H,4,6,9-10H2,(H,26,33)(H,29,30)/t15?,19-,20+,24?/m1/s1. The molecule has 0 saturated carbocycles. The lowest BCUT2D eigenvalue weighted by Gasteiger charge is -2.29. The molecule has 2 saturated heterocycles. The van der Waals surface area contributed by atoms with E-state index in [0.29, 0.717) is 22.7 Å². The van der Waals surface area contributed by atoms with Gasteiger partial charge in [0.15, 0.2) is 11.5 Å². The van der Waals surface area contributed by atoms with Crippen LogP contribution < -0.4 is 20.1 Å². The maximum atomic E-state index is 14.2. The summed E-state index contributed by atoms with van der Waals surface area (Å²) in [4.78, 5) is 53.0. The van der Waals surface area contributed by atoms with Crippen molar-refractivity contribution in [3.05, 3.63) is 53.3 Å². The predicted octanol–water partition coefficient (Wildman–Crippen LogP) is 1.34. The van der Waals surface area contributed by atoms with E-state index >= 15 is 0 Å². The van der Waals surface area contributed by atoms with Crippen molar-refractivity contribution in [1.29, 1.82) is 0 Å². The van der Waals surface area contributed by atoms with E-state index in [2.05, 4.69) is 10.6 Å². The van der Waals surface area contributed by atoms with Crippen LogP contribution in [0, 0.1) is 17.7 Å². The molecule has 4 aliphatic heterocycles. The van der Waals surface area contributed by atoms with Gasteiger partial charge in [0, 0.05) is 23.7 Å². The summed E-state index contributed by atoms with van der Waals surface area (Å²) in [6, 6.07) is 8.09. The quantitative estimate of drug-likeness (QED) is 0.545. The minimum absolute atomic E-state index is 0.0209. The third kappa shape index (κ3) is 3.04. The second-order valence-electron chi connectivity index (χ2n) is 9.09. The molecule has 10 nitrogen and oxygen atoms in total. The van der Waals surface area contributed by atoms with Crippen molar-refractivity contribution in [3.8, 4) is 11.5 Å². The van der Waals surface area contributed by atoms with Gasteiger partial charge in [-0.05, 0) is 42.3 Å². The summed E-state index contributed by atoms with van der Waals surface area (Å²) < 4.78 is 24.9. The number of amides is 3. The Kier molecular flexibility index (Phi) is 4.62. The highest BCUT2D eigenvalue weighted by Gasteiger charge is 2.70. The van der Waals surface area contributed by atoms with E-state index in [1.54, 1.807) is 18.2 Å². The molecule has 2 aromatic rings. The number of carbonyl (C=O) groups is 4. The van der Waals surface area contributed by atoms with Crippen LogP contribution in [0.1, 0.15) is 24.0 Å². The van der Waals surface area contributed by atoms with Gasteiger partial charge in [-0.25, -0.2) is 4.39 Å². The summed E-state index contributed by atoms with van der Waals surface area (Å²) in [6.07, 6.45) is -0.245. The first kappa shape index (κ1) is 21.5. The van der Waals surface area contributed by atoms with Gasteiger partial charge >= 0.3 is 5.97 Å². The SMILES string of the molecule is O=C(O)CCC1NC2(C(=O)Nc3ccc(F)cc32)[C@@H]2C(=O)N(Cc3ccc4c(c3)OCO4)C(=O)[C@H]12. The summed E-state index contributed by atoms with van der Waals surface area (Å²) in [5.41, 5.74) is -0.471. The number of nitrogens with one attached hydrogen (secondary N) is 2. The summed E-state index contributed by atoms with van der Waals surface area (Å²) in [6.45, 7) is 0.0235. The van der Waals surface area contributed by atoms with Crippen LogP contribution in [0.4, 0.5) is 10.1 Å². The fraction of sp³-hybridized carbons (Fsp3) is 0.333. The first-order chi connectivity index (χ1) is 16.8. The number of hydrogen-bond acceptors (Lipinski definition) is 7. The number of aliphatic carboxylic acids is 1. The van der Waals surface area contributed by atoms with E-state index in [1.807, 2.05) is 0 Å². The molecule has 0 bridgehead atoms. The van der Waals surface area contributed by atoms with Crippen molar-refractivity contribution < 1.29 is 38.1 Å². The van der Waals surface area contributed by atoms with E-state index in [1.165, 1.54) is 18.2 Å². The molecule has 4 aliphatic rings. The zero-order valence-electron chi connectivity index (χ0n) is 18.2. The Hall–Kier alpha value is -3.99. The highest BCUT2D eigenvalue weighted by Crippen LogP contribution is 2.53. The second kappa shape index (κ2) is 7.51. The van der Waals surface area contributed by atoms with Crippen LogP contribution in [0.25, 0.3) is 0 Å². The molecule has 4 atom stereocenters. The Morgan fingerprint density at radius 1 is 1.11 bits per heavy atom. The van der Waals surface area contributed by atoms with Crippen molar-refractivity contribution >= 4 is 29.4 Å². The maximum absolute atomic E-state index is 14.2. The molecular weight excluding hydrogens is 461 g/mol. The number of imide groups is 1. The summed E-state index contributed by atoms with van der Waals surface area (Å²) in [5, 5.41) is 15.0. The van der Waals surface area contributed by atoms with E-state index in [9.17, 15) is 28.7 Å². The molecular formula is C24H20FN3O7. The molecule has 2 unspecified atom stereocenters. The maximum Gasteiger partial charge on any atom is 0.303 e. The first-order valence-electron chi connectivity index (χ1n) is 11.1. The number of likely N-dealkylation sites (tertiary alicyclic amines) is 1. The van der Waals surface area contributed by atoms with Crippen LogP contribution in [-0.4, -0.2) is 46.5 Å². The number of anilines is 1. The highest BCUT2D eigenvalue weighted by atomic mass is 19.1. The Bertz CT molecular complexity index is 1310. The molecule has 6 rings (SSSR count). The summed E-state index contributed by atoms with van der Waals surface area (Å²) >= 11 is 0. The van der Waals surface area contributed by atoms with Gasteiger partial charge in [0.2, 0.25) is 24.5 Å². The average Bonchev–Trinajstić information content (AvgIpc) is 3.55. The third-order valence-corrected chi connectivity index (χ3v) is 7.22. The van der Waals surface area contributed by atoms with Crippen LogP contribution in [0.5, 0.6) is 11.5 Å². The number of benzene rings is 2. The van der Waals surface area contributed by atoms with Crippen molar-refractivity contribution in [2.75, 3.05) is 12.1 Å². The van der Waals surface area contributed by atoms with Gasteiger partial charge < -0.3 is 19.9 Å². The fourth-order valence-electron chi connectivity index (χ4n) is 5.74. The molecule has 2 fully saturated rings. The predicted molar refractivity (Wildman–Crippen MR) is 116 cm³/mol. The normalized spacial score (nSPS) is 28.0. The number of hydrogen-bond donors (Lipinski definition) is 3. The van der Waals surface area contributed by atoms with E-state index < -0.39 is 52.9 Å². The van der Waals surface area contributed by atoms with Crippen molar-refractivity contribution in [2.24, 2.45) is 11.8 Å². The molecule has 3 N–H and O–H groups in total. The Morgan fingerprint density at radius 3 is 2.71 bits per heavy atom. The molecule has 1 spiro atoms. The molecule has 0 aliphatic carbocycles. The smallest absolute Gasteiger partial charge is 0.303 e. The average molecular weight is 481 g/mol. The third-order valence-electron chi connectivity index (χ3n) is 7.22. The van der Waals surface area contributed by atoms with Gasteiger partial charge in [-0.3, -0.25) is 29.4 Å². The molecule has 180 valence electrons. The van der Waals surface area contributed by atoms with Gasteiger partial charge in [0.25, 0.3) is 0 Å². The highest BCUT2D eigenvalue weighted by molar-refractivity contribution is 6.15. The minimum Gasteiger partial charge on any atom is -0.481 e. The monoisotopic (exact) mass is 481 g/mol. The molecule has 4 heterocycles. The van der Waals surface area contributed by atoms with Gasteiger partial charge in [0.1, 0.15) is 11.4 Å². The molecule has 11 heteroatoms. The lowest BCUT2D eigenvalue weighted by Crippen LogP contribution is -2.53. The lowest BCUT2D eigenvalue weighted by molar-refractivity contribution is -0.144. The van der Waals surface area contributed by atoms with Gasteiger partial charge in [-0.15, -0.1) is 0 Å². The topological polar surface area (TPSA) is 134 Å². The first-order valence-corrected chi connectivity index (χ1v) is 11.1. The molecule has 3 amide bonds. The van der Waals surface area contributed by atoms with Crippen LogP contribution in [-0.2, 0) is 31.3 Å². The summed E-state index contributed by atoms with van der Waals surface area (Å²) in [5.74, 6) is -4.38. The van der Waals surface area contributed by atoms with E-state index in [0.717, 1.165) is 4.90 Å². The van der Waals surface area contributed by atoms with E-state index in [-0.39, 0.29) is 31.7 Å². The van der Waals surface area contributed by atoms with Crippen LogP contribution in [0.2, 0.25) is 0 Å². The van der Waals surface area contributed by atoms with Crippen molar-refractivity contribution in [1.82, 2.24) is 10.2 Å². The van der Waals surface area contributed by atoms with Crippen LogP contribution in [0.3, 0.4) is 0 Å². The number of halogens is 1. The lowest BCUT2D eigenvalue weighted by atomic mass is 9.76. The Labute approximate surface area is 198 Å². The second-order valence-corrected chi connectivity index (χ2v) is 9.09. The van der Waals surface area contributed by atoms with E-state index in [4.69, 9.17) is 9.47 Å². The molecule has 0 aromatic heterocycles.